The molecule has 0 unspecified atom stereocenters. The molecule has 0 aliphatic rings. The zero-order valence-corrected chi connectivity index (χ0v) is 19.6. The fraction of sp³-hybridized carbons (Fsp3) is 0.958. The summed E-state index contributed by atoms with van der Waals surface area (Å²) >= 11 is 0. The second-order valence-corrected chi connectivity index (χ2v) is 8.27. The van der Waals surface area contributed by atoms with Crippen LogP contribution in [0.1, 0.15) is 129 Å². The van der Waals surface area contributed by atoms with E-state index in [2.05, 4.69) is 18.7 Å². The minimum Gasteiger partial charge on any atom is -0.550 e. The molecule has 0 N–H and O–H groups in total. The summed E-state index contributed by atoms with van der Waals surface area (Å²) in [5.41, 5.74) is 0. The summed E-state index contributed by atoms with van der Waals surface area (Å²) in [5.74, 6) is -0.904. The van der Waals surface area contributed by atoms with E-state index in [1.165, 1.54) is 110 Å². The number of carbonyl (C=O) groups is 1. The third-order valence-electron chi connectivity index (χ3n) is 5.51. The molecule has 0 fully saturated rings. The third-order valence-corrected chi connectivity index (χ3v) is 5.51. The molecule has 0 aliphatic carbocycles. The zero-order chi connectivity index (χ0) is 20.0. The summed E-state index contributed by atoms with van der Waals surface area (Å²) in [7, 11) is 0. The molecule has 0 radical (unpaired) electrons. The van der Waals surface area contributed by atoms with E-state index in [1.807, 2.05) is 0 Å². The predicted molar refractivity (Wildman–Crippen MR) is 116 cm³/mol. The van der Waals surface area contributed by atoms with Gasteiger partial charge in [0.2, 0.25) is 0 Å². The first kappa shape index (κ1) is 30.2. The second kappa shape index (κ2) is 25.1. The Kier molecular flexibility index (Phi) is 27.1. The van der Waals surface area contributed by atoms with Gasteiger partial charge in [0.25, 0.3) is 0 Å². The number of unbranched alkanes of at least 4 members (excludes halogenated alkanes) is 14. The standard InChI is InChI=1S/C24H49NO2.Li/c1-3-5-7-9-13-17-21-25(22-18-14-10-8-6-4-2)23-19-15-11-12-16-20-24(26)27;/h3-23H2,1-2H3,(H,26,27);/q;+1/p-1. The Morgan fingerprint density at radius 3 is 1.25 bits per heavy atom. The normalized spacial score (nSPS) is 11.0. The van der Waals surface area contributed by atoms with Gasteiger partial charge in [0.15, 0.2) is 0 Å². The van der Waals surface area contributed by atoms with Crippen molar-refractivity contribution in [3.05, 3.63) is 0 Å². The molecule has 0 saturated heterocycles. The minimum atomic E-state index is -0.904. The van der Waals surface area contributed by atoms with Crippen LogP contribution in [0.15, 0.2) is 0 Å². The van der Waals surface area contributed by atoms with Gasteiger partial charge in [0.1, 0.15) is 0 Å². The van der Waals surface area contributed by atoms with Crippen LogP contribution in [0.4, 0.5) is 0 Å². The average molecular weight is 390 g/mol. The van der Waals surface area contributed by atoms with Gasteiger partial charge in [-0.1, -0.05) is 97.3 Å². The monoisotopic (exact) mass is 389 g/mol. The number of rotatable bonds is 22. The van der Waals surface area contributed by atoms with Gasteiger partial charge in [0.05, 0.1) is 0 Å². The van der Waals surface area contributed by atoms with Crippen molar-refractivity contribution in [3.63, 3.8) is 0 Å². The van der Waals surface area contributed by atoms with Crippen molar-refractivity contribution in [1.82, 2.24) is 4.90 Å². The quantitative estimate of drug-likeness (QED) is 0.211. The molecule has 0 spiro atoms. The number of aliphatic carboxylic acids is 1. The molecule has 0 rings (SSSR count). The van der Waals surface area contributed by atoms with Crippen LogP contribution in [0.25, 0.3) is 0 Å². The van der Waals surface area contributed by atoms with Crippen molar-refractivity contribution in [2.75, 3.05) is 19.6 Å². The maximum absolute atomic E-state index is 10.4. The van der Waals surface area contributed by atoms with Crippen LogP contribution in [0.3, 0.4) is 0 Å². The van der Waals surface area contributed by atoms with Gasteiger partial charge in [-0.3, -0.25) is 0 Å². The number of hydrogen-bond acceptors (Lipinski definition) is 3. The second-order valence-electron chi connectivity index (χ2n) is 8.27. The number of hydrogen-bond donors (Lipinski definition) is 0. The maximum Gasteiger partial charge on any atom is 1.00 e. The van der Waals surface area contributed by atoms with Crippen molar-refractivity contribution < 1.29 is 28.8 Å². The van der Waals surface area contributed by atoms with Crippen molar-refractivity contribution >= 4 is 5.97 Å². The summed E-state index contributed by atoms with van der Waals surface area (Å²) in [6, 6.07) is 0. The van der Waals surface area contributed by atoms with E-state index in [-0.39, 0.29) is 25.3 Å². The van der Waals surface area contributed by atoms with E-state index in [0.717, 1.165) is 19.3 Å². The molecule has 4 heteroatoms. The third kappa shape index (κ3) is 24.1. The number of nitrogens with zero attached hydrogens (tertiary/aromatic N) is 1. The van der Waals surface area contributed by atoms with E-state index < -0.39 is 5.97 Å². The molecule has 0 aliphatic heterocycles. The van der Waals surface area contributed by atoms with Gasteiger partial charge in [0, 0.05) is 5.97 Å². The summed E-state index contributed by atoms with van der Waals surface area (Å²) in [4.78, 5) is 13.1. The van der Waals surface area contributed by atoms with Crippen LogP contribution in [0.5, 0.6) is 0 Å². The molecule has 0 aromatic carbocycles. The fourth-order valence-electron chi connectivity index (χ4n) is 3.70. The molecule has 162 valence electrons. The molecule has 0 bridgehead atoms. The van der Waals surface area contributed by atoms with Crippen LogP contribution in [0.2, 0.25) is 0 Å². The van der Waals surface area contributed by atoms with E-state index in [1.54, 1.807) is 0 Å². The Balaban J connectivity index is 0. The van der Waals surface area contributed by atoms with Crippen molar-refractivity contribution in [2.24, 2.45) is 0 Å². The summed E-state index contributed by atoms with van der Waals surface area (Å²) in [6.45, 7) is 8.32. The van der Waals surface area contributed by atoms with Gasteiger partial charge in [-0.2, -0.15) is 0 Å². The molecule has 28 heavy (non-hydrogen) atoms. The molecule has 0 saturated carbocycles. The first-order valence-electron chi connectivity index (χ1n) is 12.1. The summed E-state index contributed by atoms with van der Waals surface area (Å²) in [6.07, 6.45) is 22.2. The van der Waals surface area contributed by atoms with E-state index in [9.17, 15) is 9.90 Å². The molecular formula is C24H48LiNO2. The first-order valence-corrected chi connectivity index (χ1v) is 12.1. The van der Waals surface area contributed by atoms with Crippen molar-refractivity contribution in [2.45, 2.75) is 129 Å². The van der Waals surface area contributed by atoms with Crippen molar-refractivity contribution in [3.8, 4) is 0 Å². The van der Waals surface area contributed by atoms with Crippen LogP contribution in [-0.2, 0) is 4.79 Å². The van der Waals surface area contributed by atoms with Gasteiger partial charge in [-0.15, -0.1) is 0 Å². The van der Waals surface area contributed by atoms with Gasteiger partial charge < -0.3 is 14.8 Å². The Hall–Kier alpha value is 0.0274. The Morgan fingerprint density at radius 2 is 0.893 bits per heavy atom. The summed E-state index contributed by atoms with van der Waals surface area (Å²) < 4.78 is 0. The van der Waals surface area contributed by atoms with Crippen LogP contribution < -0.4 is 24.0 Å². The molecule has 0 aromatic heterocycles. The van der Waals surface area contributed by atoms with E-state index in [0.29, 0.717) is 0 Å². The average Bonchev–Trinajstić information content (AvgIpc) is 2.65. The number of carboxylic acids is 1. The Labute approximate surface area is 188 Å². The molecular weight excluding hydrogens is 341 g/mol. The largest absolute Gasteiger partial charge is 1.00 e. The van der Waals surface area contributed by atoms with Gasteiger partial charge in [-0.25, -0.2) is 0 Å². The number of carbonyl (C=O) groups excluding carboxylic acids is 1. The van der Waals surface area contributed by atoms with Crippen molar-refractivity contribution in [1.29, 1.82) is 0 Å². The van der Waals surface area contributed by atoms with Crippen LogP contribution >= 0.6 is 0 Å². The van der Waals surface area contributed by atoms with E-state index in [4.69, 9.17) is 0 Å². The predicted octanol–water partition coefficient (Wildman–Crippen LogP) is 3.10. The van der Waals surface area contributed by atoms with Gasteiger partial charge in [-0.05, 0) is 51.7 Å². The SMILES string of the molecule is CCCCCCCCN(CCCCCCCC)CCCCCCCC(=O)[O-].[Li+]. The molecule has 0 atom stereocenters. The Morgan fingerprint density at radius 1 is 0.571 bits per heavy atom. The molecule has 3 nitrogen and oxygen atoms in total. The topological polar surface area (TPSA) is 43.4 Å². The molecule has 0 heterocycles. The van der Waals surface area contributed by atoms with E-state index >= 15 is 0 Å². The molecule has 0 aromatic rings. The van der Waals surface area contributed by atoms with Crippen LogP contribution in [-0.4, -0.2) is 30.5 Å². The summed E-state index contributed by atoms with van der Waals surface area (Å²) in [5, 5.41) is 10.4. The first-order chi connectivity index (χ1) is 13.2. The smallest absolute Gasteiger partial charge is 0.550 e. The minimum absolute atomic E-state index is 0. The maximum atomic E-state index is 10.4. The van der Waals surface area contributed by atoms with Crippen LogP contribution in [0, 0.1) is 0 Å². The molecule has 0 amide bonds. The zero-order valence-electron chi connectivity index (χ0n) is 19.6. The number of carboxylic acid groups (broad SMARTS) is 1. The fourth-order valence-corrected chi connectivity index (χ4v) is 3.70. The van der Waals surface area contributed by atoms with Gasteiger partial charge >= 0.3 is 18.9 Å². The Bertz CT molecular complexity index is 297.